The van der Waals surface area contributed by atoms with E-state index in [9.17, 15) is 14.4 Å². The van der Waals surface area contributed by atoms with Crippen LogP contribution >= 0.6 is 0 Å². The molecule has 0 aliphatic rings. The van der Waals surface area contributed by atoms with E-state index in [2.05, 4.69) is 10.1 Å². The summed E-state index contributed by atoms with van der Waals surface area (Å²) in [7, 11) is 1.32. The predicted molar refractivity (Wildman–Crippen MR) is 91.6 cm³/mol. The molecule has 0 aliphatic carbocycles. The molecule has 0 atom stereocenters. The maximum absolute atomic E-state index is 11.9. The fraction of sp³-hybridized carbons (Fsp3) is 0.211. The zero-order valence-electron chi connectivity index (χ0n) is 14.1. The van der Waals surface area contributed by atoms with Crippen LogP contribution in [0.5, 0.6) is 5.75 Å². The second-order valence-corrected chi connectivity index (χ2v) is 5.31. The van der Waals surface area contributed by atoms with Crippen molar-refractivity contribution in [1.82, 2.24) is 5.32 Å². The zero-order valence-corrected chi connectivity index (χ0v) is 14.1. The van der Waals surface area contributed by atoms with Crippen LogP contribution in [0.25, 0.3) is 0 Å². The third kappa shape index (κ3) is 5.17. The summed E-state index contributed by atoms with van der Waals surface area (Å²) >= 11 is 0. The van der Waals surface area contributed by atoms with Crippen molar-refractivity contribution in [3.8, 4) is 5.75 Å². The van der Waals surface area contributed by atoms with Crippen molar-refractivity contribution < 1.29 is 23.9 Å². The quantitative estimate of drug-likeness (QED) is 0.618. The van der Waals surface area contributed by atoms with Gasteiger partial charge in [0.15, 0.2) is 12.4 Å². The fourth-order valence-electron chi connectivity index (χ4n) is 2.15. The predicted octanol–water partition coefficient (Wildman–Crippen LogP) is 2.37. The molecule has 2 aromatic rings. The molecule has 0 heterocycles. The third-order valence-electron chi connectivity index (χ3n) is 3.49. The number of methoxy groups -OCH3 is 1. The Kier molecular flexibility index (Phi) is 6.28. The molecule has 0 bridgehead atoms. The summed E-state index contributed by atoms with van der Waals surface area (Å²) in [5.41, 5.74) is 1.72. The Bertz CT molecular complexity index is 768. The Morgan fingerprint density at radius 1 is 1.00 bits per heavy atom. The zero-order chi connectivity index (χ0) is 18.2. The number of nitrogens with one attached hydrogen (secondary N) is 1. The number of ketones is 1. The number of rotatable bonds is 7. The van der Waals surface area contributed by atoms with Crippen LogP contribution in [0.15, 0.2) is 48.5 Å². The monoisotopic (exact) mass is 341 g/mol. The lowest BCUT2D eigenvalue weighted by molar-refractivity contribution is -0.123. The van der Waals surface area contributed by atoms with E-state index in [1.54, 1.807) is 48.5 Å². The topological polar surface area (TPSA) is 81.7 Å². The SMILES string of the molecule is COC(=O)c1ccc(CNC(=O)COc2ccccc2C(C)=O)cc1. The molecule has 0 saturated carbocycles. The Morgan fingerprint density at radius 3 is 2.32 bits per heavy atom. The number of hydrogen-bond donors (Lipinski definition) is 1. The number of para-hydroxylation sites is 1. The second kappa shape index (κ2) is 8.63. The molecule has 2 rings (SSSR count). The van der Waals surface area contributed by atoms with Crippen LogP contribution in [-0.2, 0) is 16.1 Å². The molecular formula is C19H19NO5. The van der Waals surface area contributed by atoms with E-state index in [4.69, 9.17) is 4.74 Å². The van der Waals surface area contributed by atoms with Crippen molar-refractivity contribution in [2.24, 2.45) is 0 Å². The molecule has 2 aromatic carbocycles. The van der Waals surface area contributed by atoms with Crippen molar-refractivity contribution in [3.63, 3.8) is 0 Å². The van der Waals surface area contributed by atoms with Gasteiger partial charge in [-0.2, -0.15) is 0 Å². The van der Waals surface area contributed by atoms with Gasteiger partial charge in [-0.05, 0) is 36.8 Å². The number of benzene rings is 2. The number of amides is 1. The van der Waals surface area contributed by atoms with Gasteiger partial charge < -0.3 is 14.8 Å². The second-order valence-electron chi connectivity index (χ2n) is 5.31. The highest BCUT2D eigenvalue weighted by Gasteiger charge is 2.10. The summed E-state index contributed by atoms with van der Waals surface area (Å²) in [6.07, 6.45) is 0. The molecule has 6 nitrogen and oxygen atoms in total. The van der Waals surface area contributed by atoms with Gasteiger partial charge in [0, 0.05) is 6.54 Å². The lowest BCUT2D eigenvalue weighted by Gasteiger charge is -2.10. The largest absolute Gasteiger partial charge is 0.483 e. The number of Topliss-reactive ketones (excluding diaryl/α,β-unsaturated/α-hetero) is 1. The summed E-state index contributed by atoms with van der Waals surface area (Å²) in [5, 5.41) is 2.72. The standard InChI is InChI=1S/C19H19NO5/c1-13(21)16-5-3-4-6-17(16)25-12-18(22)20-11-14-7-9-15(10-8-14)19(23)24-2/h3-10H,11-12H2,1-2H3,(H,20,22). The van der Waals surface area contributed by atoms with Crippen LogP contribution < -0.4 is 10.1 Å². The molecule has 0 saturated heterocycles. The van der Waals surface area contributed by atoms with Gasteiger partial charge in [0.1, 0.15) is 5.75 Å². The van der Waals surface area contributed by atoms with Gasteiger partial charge in [-0.15, -0.1) is 0 Å². The first-order valence-electron chi connectivity index (χ1n) is 7.68. The van der Waals surface area contributed by atoms with Crippen molar-refractivity contribution >= 4 is 17.7 Å². The molecule has 1 N–H and O–H groups in total. The number of hydrogen-bond acceptors (Lipinski definition) is 5. The first-order valence-corrected chi connectivity index (χ1v) is 7.68. The van der Waals surface area contributed by atoms with Gasteiger partial charge in [0.05, 0.1) is 18.2 Å². The summed E-state index contributed by atoms with van der Waals surface area (Å²) in [6, 6.07) is 13.5. The molecular weight excluding hydrogens is 322 g/mol. The highest BCUT2D eigenvalue weighted by Crippen LogP contribution is 2.18. The molecule has 6 heteroatoms. The summed E-state index contributed by atoms with van der Waals surface area (Å²) in [5.74, 6) is -0.460. The van der Waals surface area contributed by atoms with Crippen LogP contribution in [-0.4, -0.2) is 31.4 Å². The Hall–Kier alpha value is -3.15. The Morgan fingerprint density at radius 2 is 1.68 bits per heavy atom. The van der Waals surface area contributed by atoms with Crippen LogP contribution in [0.4, 0.5) is 0 Å². The van der Waals surface area contributed by atoms with Gasteiger partial charge in [-0.1, -0.05) is 24.3 Å². The fourth-order valence-corrected chi connectivity index (χ4v) is 2.15. The van der Waals surface area contributed by atoms with E-state index >= 15 is 0 Å². The number of ether oxygens (including phenoxy) is 2. The van der Waals surface area contributed by atoms with E-state index in [-0.39, 0.29) is 18.3 Å². The minimum Gasteiger partial charge on any atom is -0.483 e. The average Bonchev–Trinajstić information content (AvgIpc) is 2.64. The highest BCUT2D eigenvalue weighted by molar-refractivity contribution is 5.96. The maximum atomic E-state index is 11.9. The normalized spacial score (nSPS) is 10.0. The van der Waals surface area contributed by atoms with E-state index in [0.29, 0.717) is 23.4 Å². The van der Waals surface area contributed by atoms with Crippen molar-refractivity contribution in [1.29, 1.82) is 0 Å². The highest BCUT2D eigenvalue weighted by atomic mass is 16.5. The van der Waals surface area contributed by atoms with Gasteiger partial charge in [-0.3, -0.25) is 9.59 Å². The maximum Gasteiger partial charge on any atom is 0.337 e. The lowest BCUT2D eigenvalue weighted by atomic mass is 10.1. The van der Waals surface area contributed by atoms with Crippen LogP contribution in [0.3, 0.4) is 0 Å². The molecule has 130 valence electrons. The van der Waals surface area contributed by atoms with E-state index in [1.165, 1.54) is 14.0 Å². The average molecular weight is 341 g/mol. The van der Waals surface area contributed by atoms with Crippen LogP contribution in [0.2, 0.25) is 0 Å². The van der Waals surface area contributed by atoms with Crippen molar-refractivity contribution in [3.05, 3.63) is 65.2 Å². The first kappa shape index (κ1) is 18.2. The Labute approximate surface area is 145 Å². The molecule has 0 radical (unpaired) electrons. The third-order valence-corrected chi connectivity index (χ3v) is 3.49. The molecule has 25 heavy (non-hydrogen) atoms. The number of carbonyl (C=O) groups is 3. The van der Waals surface area contributed by atoms with E-state index < -0.39 is 5.97 Å². The minimum atomic E-state index is -0.409. The van der Waals surface area contributed by atoms with Gasteiger partial charge >= 0.3 is 5.97 Å². The van der Waals surface area contributed by atoms with Gasteiger partial charge in [-0.25, -0.2) is 4.79 Å². The van der Waals surface area contributed by atoms with Crippen LogP contribution in [0.1, 0.15) is 33.2 Å². The lowest BCUT2D eigenvalue weighted by Crippen LogP contribution is -2.28. The first-order chi connectivity index (χ1) is 12.0. The summed E-state index contributed by atoms with van der Waals surface area (Å²) in [6.45, 7) is 1.56. The van der Waals surface area contributed by atoms with Gasteiger partial charge in [0.2, 0.25) is 0 Å². The molecule has 0 aromatic heterocycles. The van der Waals surface area contributed by atoms with E-state index in [1.807, 2.05) is 0 Å². The Balaban J connectivity index is 1.85. The molecule has 0 fully saturated rings. The van der Waals surface area contributed by atoms with Crippen LogP contribution in [0, 0.1) is 0 Å². The van der Waals surface area contributed by atoms with Crippen molar-refractivity contribution in [2.45, 2.75) is 13.5 Å². The van der Waals surface area contributed by atoms with E-state index in [0.717, 1.165) is 5.56 Å². The summed E-state index contributed by atoms with van der Waals surface area (Å²) < 4.78 is 10.0. The molecule has 0 aliphatic heterocycles. The number of carbonyl (C=O) groups excluding carboxylic acids is 3. The van der Waals surface area contributed by atoms with Gasteiger partial charge in [0.25, 0.3) is 5.91 Å². The molecule has 0 spiro atoms. The van der Waals surface area contributed by atoms with Crippen molar-refractivity contribution in [2.75, 3.05) is 13.7 Å². The number of esters is 1. The minimum absolute atomic E-state index is 0.123. The molecule has 1 amide bonds. The smallest absolute Gasteiger partial charge is 0.337 e. The summed E-state index contributed by atoms with van der Waals surface area (Å²) in [4.78, 5) is 34.8. The molecule has 0 unspecified atom stereocenters.